The van der Waals surface area contributed by atoms with Gasteiger partial charge in [0, 0.05) is 22.9 Å². The number of rotatable bonds is 6. The van der Waals surface area contributed by atoms with E-state index in [2.05, 4.69) is 42.7 Å². The second kappa shape index (κ2) is 10.6. The molecule has 0 aliphatic heterocycles. The Hall–Kier alpha value is -0.140. The highest BCUT2D eigenvalue weighted by Crippen LogP contribution is 2.19. The van der Waals surface area contributed by atoms with Crippen molar-refractivity contribution in [3.05, 3.63) is 34.9 Å². The van der Waals surface area contributed by atoms with Crippen LogP contribution in [0.2, 0.25) is 5.02 Å². The Morgan fingerprint density at radius 2 is 2.05 bits per heavy atom. The van der Waals surface area contributed by atoms with Crippen molar-refractivity contribution in [3.8, 4) is 0 Å². The van der Waals surface area contributed by atoms with Crippen LogP contribution < -0.4 is 10.6 Å². The van der Waals surface area contributed by atoms with Crippen LogP contribution in [0.15, 0.2) is 29.3 Å². The number of thioether (sulfide) groups is 1. The zero-order valence-electron chi connectivity index (χ0n) is 13.1. The topological polar surface area (TPSA) is 36.4 Å². The summed E-state index contributed by atoms with van der Waals surface area (Å²) >= 11 is 7.82. The van der Waals surface area contributed by atoms with Crippen LogP contribution in [-0.2, 0) is 6.54 Å². The molecule has 2 N–H and O–H groups in total. The number of hydrogen-bond acceptors (Lipinski definition) is 2. The fourth-order valence-electron chi connectivity index (χ4n) is 1.52. The Labute approximate surface area is 154 Å². The minimum Gasteiger partial charge on any atom is -0.357 e. The molecule has 120 valence electrons. The first-order valence-electron chi connectivity index (χ1n) is 6.78. The molecule has 0 radical (unpaired) electrons. The van der Waals surface area contributed by atoms with Crippen molar-refractivity contribution in [2.45, 2.75) is 32.1 Å². The van der Waals surface area contributed by atoms with Crippen molar-refractivity contribution in [2.24, 2.45) is 4.99 Å². The summed E-state index contributed by atoms with van der Waals surface area (Å²) in [7, 11) is 0. The van der Waals surface area contributed by atoms with E-state index in [0.717, 1.165) is 29.6 Å². The zero-order valence-corrected chi connectivity index (χ0v) is 17.0. The summed E-state index contributed by atoms with van der Waals surface area (Å²) in [5.41, 5.74) is 1.11. The van der Waals surface area contributed by atoms with E-state index in [1.54, 1.807) is 0 Å². The lowest BCUT2D eigenvalue weighted by molar-refractivity contribution is 0.665. The van der Waals surface area contributed by atoms with E-state index in [1.807, 2.05) is 36.0 Å². The Bertz CT molecular complexity index is 452. The summed E-state index contributed by atoms with van der Waals surface area (Å²) in [5, 5.41) is 7.39. The van der Waals surface area contributed by atoms with Gasteiger partial charge in [-0.3, -0.25) is 0 Å². The van der Waals surface area contributed by atoms with Gasteiger partial charge in [0.25, 0.3) is 0 Å². The van der Waals surface area contributed by atoms with E-state index < -0.39 is 0 Å². The summed E-state index contributed by atoms with van der Waals surface area (Å²) in [4.78, 5) is 4.59. The standard InChI is InChI=1S/C15H24ClN3S.HI/c1-5-17-14(19-11-15(2,3)20-4)18-10-12-7-6-8-13(16)9-12;/h6-9H,5,10-11H2,1-4H3,(H2,17,18,19);1H. The normalized spacial score (nSPS) is 11.8. The number of hydrogen-bond donors (Lipinski definition) is 2. The van der Waals surface area contributed by atoms with Crippen molar-refractivity contribution in [1.82, 2.24) is 10.6 Å². The number of guanidine groups is 1. The van der Waals surface area contributed by atoms with Crippen molar-refractivity contribution in [3.63, 3.8) is 0 Å². The summed E-state index contributed by atoms with van der Waals surface area (Å²) in [5.74, 6) is 0.842. The van der Waals surface area contributed by atoms with Crippen molar-refractivity contribution in [1.29, 1.82) is 0 Å². The average molecular weight is 442 g/mol. The molecule has 3 nitrogen and oxygen atoms in total. The smallest absolute Gasteiger partial charge is 0.191 e. The molecule has 0 aliphatic rings. The molecule has 0 fully saturated rings. The number of halogens is 2. The second-order valence-corrected chi connectivity index (χ2v) is 7.09. The van der Waals surface area contributed by atoms with Crippen LogP contribution in [0.25, 0.3) is 0 Å². The fourth-order valence-corrected chi connectivity index (χ4v) is 1.95. The Kier molecular flexibility index (Phi) is 10.5. The molecular formula is C15H25ClIN3S. The van der Waals surface area contributed by atoms with Crippen molar-refractivity contribution >= 4 is 53.3 Å². The molecule has 0 bridgehead atoms. The van der Waals surface area contributed by atoms with Gasteiger partial charge < -0.3 is 10.6 Å². The Morgan fingerprint density at radius 3 is 2.62 bits per heavy atom. The van der Waals surface area contributed by atoms with E-state index in [0.29, 0.717) is 6.54 Å². The van der Waals surface area contributed by atoms with E-state index in [1.165, 1.54) is 0 Å². The number of nitrogens with zero attached hydrogens (tertiary/aromatic N) is 1. The zero-order chi connectivity index (χ0) is 15.0. The minimum atomic E-state index is 0. The molecule has 6 heteroatoms. The molecule has 0 heterocycles. The molecule has 1 aromatic carbocycles. The molecule has 0 unspecified atom stereocenters. The Balaban J connectivity index is 0.00000400. The predicted molar refractivity (Wildman–Crippen MR) is 107 cm³/mol. The van der Waals surface area contributed by atoms with E-state index in [4.69, 9.17) is 11.6 Å². The second-order valence-electron chi connectivity index (χ2n) is 5.14. The predicted octanol–water partition coefficient (Wildman–Crippen LogP) is 4.15. The van der Waals surface area contributed by atoms with E-state index in [9.17, 15) is 0 Å². The van der Waals surface area contributed by atoms with Crippen LogP contribution in [0, 0.1) is 0 Å². The lowest BCUT2D eigenvalue weighted by Crippen LogP contribution is -2.43. The van der Waals surface area contributed by atoms with Gasteiger partial charge in [0.05, 0.1) is 6.54 Å². The van der Waals surface area contributed by atoms with Crippen molar-refractivity contribution < 1.29 is 0 Å². The highest BCUT2D eigenvalue weighted by molar-refractivity contribution is 14.0. The molecule has 1 rings (SSSR count). The Morgan fingerprint density at radius 1 is 1.33 bits per heavy atom. The SMILES string of the molecule is CCNC(=NCc1cccc(Cl)c1)NCC(C)(C)SC.I. The molecule has 0 atom stereocenters. The van der Waals surface area contributed by atoms with Crippen molar-refractivity contribution in [2.75, 3.05) is 19.3 Å². The molecular weight excluding hydrogens is 417 g/mol. The summed E-state index contributed by atoms with van der Waals surface area (Å²) < 4.78 is 0.187. The third-order valence-electron chi connectivity index (χ3n) is 2.89. The summed E-state index contributed by atoms with van der Waals surface area (Å²) in [6, 6.07) is 7.80. The molecule has 0 amide bonds. The first kappa shape index (κ1) is 20.9. The summed E-state index contributed by atoms with van der Waals surface area (Å²) in [6.45, 7) is 8.83. The van der Waals surface area contributed by atoms with Crippen LogP contribution >= 0.6 is 47.3 Å². The van der Waals surface area contributed by atoms with Crippen LogP contribution in [0.5, 0.6) is 0 Å². The quantitative estimate of drug-likeness (QED) is 0.395. The molecule has 0 aliphatic carbocycles. The van der Waals surface area contributed by atoms with Crippen LogP contribution in [0.1, 0.15) is 26.3 Å². The van der Waals surface area contributed by atoms with Gasteiger partial charge in [-0.15, -0.1) is 24.0 Å². The average Bonchev–Trinajstić information content (AvgIpc) is 2.42. The molecule has 0 saturated carbocycles. The lowest BCUT2D eigenvalue weighted by Gasteiger charge is -2.23. The molecule has 0 saturated heterocycles. The third kappa shape index (κ3) is 8.78. The van der Waals surface area contributed by atoms with Gasteiger partial charge in [0.15, 0.2) is 5.96 Å². The van der Waals surface area contributed by atoms with Gasteiger partial charge >= 0.3 is 0 Å². The minimum absolute atomic E-state index is 0. The maximum absolute atomic E-state index is 5.98. The molecule has 0 aromatic heterocycles. The van der Waals surface area contributed by atoms with Gasteiger partial charge in [0.2, 0.25) is 0 Å². The molecule has 1 aromatic rings. The van der Waals surface area contributed by atoms with Gasteiger partial charge in [-0.05, 0) is 44.7 Å². The largest absolute Gasteiger partial charge is 0.357 e. The number of nitrogens with one attached hydrogen (secondary N) is 2. The number of benzene rings is 1. The maximum Gasteiger partial charge on any atom is 0.191 e. The highest BCUT2D eigenvalue weighted by Gasteiger charge is 2.15. The van der Waals surface area contributed by atoms with Gasteiger partial charge in [-0.1, -0.05) is 23.7 Å². The monoisotopic (exact) mass is 441 g/mol. The van der Waals surface area contributed by atoms with E-state index >= 15 is 0 Å². The molecule has 0 spiro atoms. The van der Waals surface area contributed by atoms with Gasteiger partial charge in [-0.2, -0.15) is 11.8 Å². The van der Waals surface area contributed by atoms with Gasteiger partial charge in [0.1, 0.15) is 0 Å². The number of aliphatic imine (C=N–C) groups is 1. The van der Waals surface area contributed by atoms with Crippen LogP contribution in [0.4, 0.5) is 0 Å². The first-order valence-corrected chi connectivity index (χ1v) is 8.39. The fraction of sp³-hybridized carbons (Fsp3) is 0.533. The molecule has 21 heavy (non-hydrogen) atoms. The highest BCUT2D eigenvalue weighted by atomic mass is 127. The third-order valence-corrected chi connectivity index (χ3v) is 4.37. The van der Waals surface area contributed by atoms with Gasteiger partial charge in [-0.25, -0.2) is 4.99 Å². The van der Waals surface area contributed by atoms with E-state index in [-0.39, 0.29) is 28.7 Å². The van der Waals surface area contributed by atoms with Crippen LogP contribution in [0.3, 0.4) is 0 Å². The lowest BCUT2D eigenvalue weighted by atomic mass is 10.2. The first-order chi connectivity index (χ1) is 9.46. The maximum atomic E-state index is 5.98. The van der Waals surface area contributed by atoms with Crippen LogP contribution in [-0.4, -0.2) is 30.1 Å². The summed E-state index contributed by atoms with van der Waals surface area (Å²) in [6.07, 6.45) is 2.12.